The summed E-state index contributed by atoms with van der Waals surface area (Å²) < 4.78 is 12.1. The average molecular weight is 355 g/mol. The maximum Gasteiger partial charge on any atom is 0.261 e. The molecule has 2 aromatic carbocycles. The molecule has 0 atom stereocenters. The molecule has 1 heterocycles. The molecule has 0 radical (unpaired) electrons. The van der Waals surface area contributed by atoms with E-state index in [4.69, 9.17) is 9.47 Å². The Labute approximate surface area is 149 Å². The molecule has 0 unspecified atom stereocenters. The van der Waals surface area contributed by atoms with Crippen LogP contribution >= 0.6 is 11.5 Å². The van der Waals surface area contributed by atoms with Crippen LogP contribution in [0.3, 0.4) is 0 Å². The molecule has 0 aliphatic carbocycles. The van der Waals surface area contributed by atoms with Crippen molar-refractivity contribution in [3.8, 4) is 11.5 Å². The normalized spacial score (nSPS) is 10.5. The molecule has 0 aliphatic heterocycles. The lowest BCUT2D eigenvalue weighted by molar-refractivity contribution is 0.104. The smallest absolute Gasteiger partial charge is 0.261 e. The van der Waals surface area contributed by atoms with Crippen molar-refractivity contribution >= 4 is 17.3 Å². The fourth-order valence-corrected chi connectivity index (χ4v) is 3.42. The maximum absolute atomic E-state index is 12.5. The van der Waals surface area contributed by atoms with Crippen LogP contribution in [0.1, 0.15) is 20.8 Å². The summed E-state index contributed by atoms with van der Waals surface area (Å²) in [6.45, 7) is 0.367. The van der Waals surface area contributed by atoms with E-state index in [0.717, 1.165) is 17.1 Å². The molecule has 3 aromatic rings. The lowest BCUT2D eigenvalue weighted by Gasteiger charge is -2.09. The van der Waals surface area contributed by atoms with E-state index < -0.39 is 0 Å². The van der Waals surface area contributed by atoms with E-state index in [-0.39, 0.29) is 11.3 Å². The van der Waals surface area contributed by atoms with E-state index in [1.807, 2.05) is 18.2 Å². The largest absolute Gasteiger partial charge is 0.493 e. The Morgan fingerprint density at radius 3 is 2.40 bits per heavy atom. The van der Waals surface area contributed by atoms with Gasteiger partial charge in [0.1, 0.15) is 0 Å². The van der Waals surface area contributed by atoms with Gasteiger partial charge in [0.05, 0.1) is 25.6 Å². The van der Waals surface area contributed by atoms with Gasteiger partial charge in [-0.1, -0.05) is 47.9 Å². The first-order chi connectivity index (χ1) is 12.1. The number of methoxy groups -OCH3 is 2. The van der Waals surface area contributed by atoms with E-state index in [2.05, 4.69) is 0 Å². The Morgan fingerprint density at radius 2 is 1.72 bits per heavy atom. The first-order valence-electron chi connectivity index (χ1n) is 7.64. The minimum atomic E-state index is -0.195. The molecule has 1 aromatic heterocycles. The Bertz CT molecular complexity index is 944. The molecule has 0 spiro atoms. The Balaban J connectivity index is 1.86. The van der Waals surface area contributed by atoms with Crippen molar-refractivity contribution in [1.29, 1.82) is 0 Å². The standard InChI is InChI=1S/C19H17NO4S/c1-23-15-9-8-13(10-16(15)24-2)12-20-18(21)11-17(25-20)19(22)14-6-4-3-5-7-14/h3-11H,12H2,1-2H3. The van der Waals surface area contributed by atoms with Crippen LogP contribution in [-0.4, -0.2) is 24.0 Å². The second-order valence-corrected chi connectivity index (χ2v) is 6.42. The predicted molar refractivity (Wildman–Crippen MR) is 97.1 cm³/mol. The molecule has 5 nitrogen and oxygen atoms in total. The lowest BCUT2D eigenvalue weighted by atomic mass is 10.1. The number of carbonyl (C=O) groups excluding carboxylic acids is 1. The number of hydrogen-bond acceptors (Lipinski definition) is 5. The third-order valence-corrected chi connectivity index (χ3v) is 4.77. The van der Waals surface area contributed by atoms with Crippen molar-refractivity contribution in [3.63, 3.8) is 0 Å². The number of ether oxygens (including phenoxy) is 2. The minimum Gasteiger partial charge on any atom is -0.493 e. The molecule has 6 heteroatoms. The maximum atomic E-state index is 12.5. The number of carbonyl (C=O) groups is 1. The monoisotopic (exact) mass is 355 g/mol. The first kappa shape index (κ1) is 17.0. The van der Waals surface area contributed by atoms with Crippen LogP contribution in [-0.2, 0) is 6.54 Å². The zero-order valence-electron chi connectivity index (χ0n) is 13.9. The van der Waals surface area contributed by atoms with Crippen LogP contribution in [0.4, 0.5) is 0 Å². The van der Waals surface area contributed by atoms with Crippen molar-refractivity contribution in [2.24, 2.45) is 0 Å². The molecule has 0 amide bonds. The molecule has 128 valence electrons. The zero-order valence-corrected chi connectivity index (χ0v) is 14.7. The van der Waals surface area contributed by atoms with Crippen LogP contribution in [0.2, 0.25) is 0 Å². The van der Waals surface area contributed by atoms with E-state index >= 15 is 0 Å². The fourth-order valence-electron chi connectivity index (χ4n) is 2.47. The highest BCUT2D eigenvalue weighted by Crippen LogP contribution is 2.28. The van der Waals surface area contributed by atoms with Gasteiger partial charge in [-0.25, -0.2) is 0 Å². The van der Waals surface area contributed by atoms with Gasteiger partial charge in [0.2, 0.25) is 5.78 Å². The summed E-state index contributed by atoms with van der Waals surface area (Å²) in [6, 6.07) is 15.8. The Hall–Kier alpha value is -2.86. The van der Waals surface area contributed by atoms with Crippen LogP contribution in [0.15, 0.2) is 59.4 Å². The van der Waals surface area contributed by atoms with E-state index in [9.17, 15) is 9.59 Å². The molecule has 0 fully saturated rings. The summed E-state index contributed by atoms with van der Waals surface area (Å²) in [5.41, 5.74) is 1.27. The lowest BCUT2D eigenvalue weighted by Crippen LogP contribution is -2.12. The minimum absolute atomic E-state index is 0.145. The number of hydrogen-bond donors (Lipinski definition) is 0. The van der Waals surface area contributed by atoms with Crippen LogP contribution < -0.4 is 15.0 Å². The summed E-state index contributed by atoms with van der Waals surface area (Å²) in [5.74, 6) is 1.09. The van der Waals surface area contributed by atoms with Gasteiger partial charge >= 0.3 is 0 Å². The fraction of sp³-hybridized carbons (Fsp3) is 0.158. The average Bonchev–Trinajstić information content (AvgIpc) is 3.02. The van der Waals surface area contributed by atoms with Crippen LogP contribution in [0, 0.1) is 0 Å². The quantitative estimate of drug-likeness (QED) is 0.637. The third kappa shape index (κ3) is 3.64. The van der Waals surface area contributed by atoms with Gasteiger partial charge in [-0.15, -0.1) is 0 Å². The van der Waals surface area contributed by atoms with E-state index in [1.54, 1.807) is 48.5 Å². The summed E-state index contributed by atoms with van der Waals surface area (Å²) in [6.07, 6.45) is 0. The summed E-state index contributed by atoms with van der Waals surface area (Å²) in [7, 11) is 3.14. The van der Waals surface area contributed by atoms with E-state index in [1.165, 1.54) is 6.07 Å². The summed E-state index contributed by atoms with van der Waals surface area (Å²) >= 11 is 1.16. The van der Waals surface area contributed by atoms with E-state index in [0.29, 0.717) is 28.5 Å². The molecule has 0 bridgehead atoms. The number of rotatable bonds is 6. The number of nitrogens with zero attached hydrogens (tertiary/aromatic N) is 1. The molecule has 25 heavy (non-hydrogen) atoms. The Kier molecular flexibility index (Phi) is 5.00. The van der Waals surface area contributed by atoms with Gasteiger partial charge < -0.3 is 9.47 Å². The Morgan fingerprint density at radius 1 is 1.00 bits per heavy atom. The zero-order chi connectivity index (χ0) is 17.8. The van der Waals surface area contributed by atoms with Gasteiger partial charge in [0.15, 0.2) is 11.5 Å². The molecule has 3 rings (SSSR count). The molecular weight excluding hydrogens is 338 g/mol. The summed E-state index contributed by atoms with van der Waals surface area (Å²) in [5, 5.41) is 0. The van der Waals surface area contributed by atoms with Crippen LogP contribution in [0.25, 0.3) is 0 Å². The molecular formula is C19H17NO4S. The van der Waals surface area contributed by atoms with Crippen molar-refractivity contribution in [2.75, 3.05) is 14.2 Å². The number of aromatic nitrogens is 1. The highest BCUT2D eigenvalue weighted by Gasteiger charge is 2.15. The van der Waals surface area contributed by atoms with Gasteiger partial charge in [-0.2, -0.15) is 0 Å². The number of ketones is 1. The second-order valence-electron chi connectivity index (χ2n) is 5.36. The predicted octanol–water partition coefficient (Wildman–Crippen LogP) is 3.21. The second kappa shape index (κ2) is 7.36. The van der Waals surface area contributed by atoms with Crippen LogP contribution in [0.5, 0.6) is 11.5 Å². The van der Waals surface area contributed by atoms with Gasteiger partial charge in [0.25, 0.3) is 5.56 Å². The van der Waals surface area contributed by atoms with Gasteiger partial charge in [-0.05, 0) is 17.7 Å². The van der Waals surface area contributed by atoms with Gasteiger partial charge in [-0.3, -0.25) is 13.5 Å². The highest BCUT2D eigenvalue weighted by atomic mass is 32.1. The van der Waals surface area contributed by atoms with Crippen molar-refractivity contribution in [3.05, 3.63) is 81.0 Å². The molecule has 0 saturated carbocycles. The third-order valence-electron chi connectivity index (χ3n) is 3.74. The van der Waals surface area contributed by atoms with Gasteiger partial charge in [0, 0.05) is 11.6 Å². The highest BCUT2D eigenvalue weighted by molar-refractivity contribution is 7.08. The summed E-state index contributed by atoms with van der Waals surface area (Å²) in [4.78, 5) is 25.1. The van der Waals surface area contributed by atoms with Crippen molar-refractivity contribution < 1.29 is 14.3 Å². The SMILES string of the molecule is COc1ccc(Cn2sc(C(=O)c3ccccc3)cc2=O)cc1OC. The van der Waals surface area contributed by atoms with Crippen molar-refractivity contribution in [1.82, 2.24) is 3.96 Å². The van der Waals surface area contributed by atoms with Crippen molar-refractivity contribution in [2.45, 2.75) is 6.54 Å². The first-order valence-corrected chi connectivity index (χ1v) is 8.41. The topological polar surface area (TPSA) is 57.5 Å². The molecule has 0 saturated heterocycles. The molecule has 0 aliphatic rings. The molecule has 0 N–H and O–H groups in total. The number of benzene rings is 2.